The van der Waals surface area contributed by atoms with Gasteiger partial charge in [0.15, 0.2) is 11.5 Å². The summed E-state index contributed by atoms with van der Waals surface area (Å²) in [7, 11) is 1.58. The topological polar surface area (TPSA) is 62.7 Å². The molecule has 1 unspecified atom stereocenters. The van der Waals surface area contributed by atoms with Crippen molar-refractivity contribution in [3.05, 3.63) is 35.9 Å². The molecule has 5 nitrogen and oxygen atoms in total. The second-order valence-electron chi connectivity index (χ2n) is 4.85. The van der Waals surface area contributed by atoms with E-state index in [9.17, 15) is 4.79 Å². The Labute approximate surface area is 113 Å². The number of carbonyl (C=O) groups excluding carboxylic acids is 1. The number of rotatable bonds is 4. The predicted octanol–water partition coefficient (Wildman–Crippen LogP) is 1.01. The molecule has 0 spiro atoms. The molecule has 5 heteroatoms. The highest BCUT2D eigenvalue weighted by molar-refractivity contribution is 6.09. The van der Waals surface area contributed by atoms with E-state index in [0.717, 1.165) is 5.56 Å². The Kier molecular flexibility index (Phi) is 3.85. The number of methoxy groups -OCH3 is 1. The first-order valence-corrected chi connectivity index (χ1v) is 6.30. The van der Waals surface area contributed by atoms with Gasteiger partial charge in [0.1, 0.15) is 0 Å². The SMILES string of the molecule is COCC1(c2ccccc2)NC(=NC(C)C)NC1=O. The van der Waals surface area contributed by atoms with Crippen molar-refractivity contribution < 1.29 is 9.53 Å². The van der Waals surface area contributed by atoms with E-state index < -0.39 is 5.54 Å². The molecule has 0 bridgehead atoms. The summed E-state index contributed by atoms with van der Waals surface area (Å²) >= 11 is 0. The summed E-state index contributed by atoms with van der Waals surface area (Å²) in [6, 6.07) is 9.64. The minimum atomic E-state index is -0.899. The van der Waals surface area contributed by atoms with Gasteiger partial charge >= 0.3 is 0 Å². The van der Waals surface area contributed by atoms with E-state index in [0.29, 0.717) is 5.96 Å². The van der Waals surface area contributed by atoms with Crippen molar-refractivity contribution in [2.45, 2.75) is 25.4 Å². The van der Waals surface area contributed by atoms with Crippen LogP contribution in [0.15, 0.2) is 35.3 Å². The number of benzene rings is 1. The van der Waals surface area contributed by atoms with Gasteiger partial charge in [-0.1, -0.05) is 30.3 Å². The van der Waals surface area contributed by atoms with Crippen molar-refractivity contribution in [3.8, 4) is 0 Å². The van der Waals surface area contributed by atoms with Gasteiger partial charge in [0.2, 0.25) is 0 Å². The van der Waals surface area contributed by atoms with Crippen LogP contribution in [0.5, 0.6) is 0 Å². The maximum absolute atomic E-state index is 12.3. The van der Waals surface area contributed by atoms with Crippen molar-refractivity contribution in [2.75, 3.05) is 13.7 Å². The van der Waals surface area contributed by atoms with Gasteiger partial charge in [0, 0.05) is 13.2 Å². The van der Waals surface area contributed by atoms with Crippen molar-refractivity contribution in [1.29, 1.82) is 0 Å². The standard InChI is InChI=1S/C14H19N3O2/c1-10(2)15-13-16-12(18)14(17-13,9-19-3)11-7-5-4-6-8-11/h4-8,10H,9H2,1-3H3,(H2,15,16,17,18). The lowest BCUT2D eigenvalue weighted by Gasteiger charge is -2.26. The summed E-state index contributed by atoms with van der Waals surface area (Å²) < 4.78 is 5.23. The molecule has 1 aliphatic rings. The molecule has 2 N–H and O–H groups in total. The monoisotopic (exact) mass is 261 g/mol. The molecule has 1 aromatic carbocycles. The molecule has 1 saturated heterocycles. The first kappa shape index (κ1) is 13.5. The second-order valence-corrected chi connectivity index (χ2v) is 4.85. The van der Waals surface area contributed by atoms with Crippen LogP contribution in [0.3, 0.4) is 0 Å². The number of nitrogens with zero attached hydrogens (tertiary/aromatic N) is 1. The van der Waals surface area contributed by atoms with Crippen LogP contribution in [0.2, 0.25) is 0 Å². The van der Waals surface area contributed by atoms with Gasteiger partial charge in [-0.05, 0) is 19.4 Å². The zero-order valence-corrected chi connectivity index (χ0v) is 11.4. The van der Waals surface area contributed by atoms with Crippen LogP contribution >= 0.6 is 0 Å². The van der Waals surface area contributed by atoms with E-state index in [1.165, 1.54) is 0 Å². The van der Waals surface area contributed by atoms with Crippen LogP contribution in [0, 0.1) is 0 Å². The molecular formula is C14H19N3O2. The molecule has 1 amide bonds. The maximum Gasteiger partial charge on any atom is 0.259 e. The largest absolute Gasteiger partial charge is 0.381 e. The van der Waals surface area contributed by atoms with Crippen LogP contribution in [0.25, 0.3) is 0 Å². The fourth-order valence-electron chi connectivity index (χ4n) is 2.15. The number of hydrogen-bond acceptors (Lipinski definition) is 3. The highest BCUT2D eigenvalue weighted by atomic mass is 16.5. The molecule has 1 fully saturated rings. The molecule has 1 heterocycles. The number of guanidine groups is 1. The van der Waals surface area contributed by atoms with E-state index in [2.05, 4.69) is 15.6 Å². The lowest BCUT2D eigenvalue weighted by molar-refractivity contribution is -0.126. The molecule has 0 aliphatic carbocycles. The number of carbonyl (C=O) groups is 1. The molecule has 1 aromatic rings. The van der Waals surface area contributed by atoms with E-state index in [4.69, 9.17) is 4.74 Å². The highest BCUT2D eigenvalue weighted by Gasteiger charge is 2.46. The second kappa shape index (κ2) is 5.40. The Morgan fingerprint density at radius 2 is 2.00 bits per heavy atom. The minimum Gasteiger partial charge on any atom is -0.381 e. The zero-order valence-electron chi connectivity index (χ0n) is 11.4. The van der Waals surface area contributed by atoms with Gasteiger partial charge in [0.05, 0.1) is 6.61 Å². The molecule has 1 atom stereocenters. The summed E-state index contributed by atoms with van der Waals surface area (Å²) in [5, 5.41) is 5.95. The van der Waals surface area contributed by atoms with Gasteiger partial charge in [-0.3, -0.25) is 15.1 Å². The average Bonchev–Trinajstić information content (AvgIpc) is 2.67. The molecule has 0 radical (unpaired) electrons. The Bertz CT molecular complexity index is 485. The molecule has 0 aromatic heterocycles. The number of ether oxygens (including phenoxy) is 1. The van der Waals surface area contributed by atoms with Gasteiger partial charge in [-0.15, -0.1) is 0 Å². The Hall–Kier alpha value is -1.88. The van der Waals surface area contributed by atoms with Crippen LogP contribution in [0.4, 0.5) is 0 Å². The smallest absolute Gasteiger partial charge is 0.259 e. The van der Waals surface area contributed by atoms with Gasteiger partial charge in [0.25, 0.3) is 5.91 Å². The van der Waals surface area contributed by atoms with E-state index in [1.807, 2.05) is 44.2 Å². The lowest BCUT2D eigenvalue weighted by Crippen LogP contribution is -2.47. The first-order valence-electron chi connectivity index (χ1n) is 6.30. The third-order valence-corrected chi connectivity index (χ3v) is 2.97. The van der Waals surface area contributed by atoms with E-state index in [1.54, 1.807) is 7.11 Å². The summed E-state index contributed by atoms with van der Waals surface area (Å²) in [6.07, 6.45) is 0. The van der Waals surface area contributed by atoms with E-state index >= 15 is 0 Å². The fourth-order valence-corrected chi connectivity index (χ4v) is 2.15. The minimum absolute atomic E-state index is 0.108. The van der Waals surface area contributed by atoms with Crippen molar-refractivity contribution in [2.24, 2.45) is 4.99 Å². The van der Waals surface area contributed by atoms with Gasteiger partial charge in [-0.2, -0.15) is 0 Å². The Balaban J connectivity index is 2.39. The Morgan fingerprint density at radius 3 is 2.58 bits per heavy atom. The number of nitrogens with one attached hydrogen (secondary N) is 2. The van der Waals surface area contributed by atoms with Gasteiger partial charge < -0.3 is 10.1 Å². The number of amides is 1. The fraction of sp³-hybridized carbons (Fsp3) is 0.429. The van der Waals surface area contributed by atoms with Crippen LogP contribution < -0.4 is 10.6 Å². The van der Waals surface area contributed by atoms with Crippen LogP contribution in [-0.4, -0.2) is 31.6 Å². The van der Waals surface area contributed by atoms with Crippen molar-refractivity contribution >= 4 is 11.9 Å². The van der Waals surface area contributed by atoms with Crippen LogP contribution in [0.1, 0.15) is 19.4 Å². The van der Waals surface area contributed by atoms with Crippen molar-refractivity contribution in [3.63, 3.8) is 0 Å². The number of hydrogen-bond donors (Lipinski definition) is 2. The molecule has 0 saturated carbocycles. The summed E-state index contributed by atoms with van der Waals surface area (Å²) in [4.78, 5) is 16.7. The lowest BCUT2D eigenvalue weighted by atomic mass is 9.91. The van der Waals surface area contributed by atoms with Crippen molar-refractivity contribution in [1.82, 2.24) is 10.6 Å². The normalized spacial score (nSPS) is 24.6. The quantitative estimate of drug-likeness (QED) is 0.850. The van der Waals surface area contributed by atoms with E-state index in [-0.39, 0.29) is 18.6 Å². The highest BCUT2D eigenvalue weighted by Crippen LogP contribution is 2.25. The Morgan fingerprint density at radius 1 is 1.32 bits per heavy atom. The van der Waals surface area contributed by atoms with Gasteiger partial charge in [-0.25, -0.2) is 0 Å². The summed E-state index contributed by atoms with van der Waals surface area (Å²) in [6.45, 7) is 4.17. The molecular weight excluding hydrogens is 242 g/mol. The molecule has 102 valence electrons. The zero-order chi connectivity index (χ0) is 13.9. The molecule has 2 rings (SSSR count). The third kappa shape index (κ3) is 2.61. The summed E-state index contributed by atoms with van der Waals surface area (Å²) in [5.74, 6) is 0.362. The van der Waals surface area contributed by atoms with Crippen LogP contribution in [-0.2, 0) is 15.1 Å². The third-order valence-electron chi connectivity index (χ3n) is 2.97. The average molecular weight is 261 g/mol. The predicted molar refractivity (Wildman–Crippen MR) is 73.8 cm³/mol. The number of aliphatic imine (C=N–C) groups is 1. The summed E-state index contributed by atoms with van der Waals surface area (Å²) in [5.41, 5.74) is -0.0349. The maximum atomic E-state index is 12.3. The molecule has 19 heavy (non-hydrogen) atoms. The first-order chi connectivity index (χ1) is 9.08. The molecule has 1 aliphatic heterocycles.